The number of aryl methyl sites for hydroxylation is 1. The Morgan fingerprint density at radius 2 is 2.21 bits per heavy atom. The van der Waals surface area contributed by atoms with Gasteiger partial charge in [0, 0.05) is 10.5 Å². The summed E-state index contributed by atoms with van der Waals surface area (Å²) in [7, 11) is 0. The van der Waals surface area contributed by atoms with Crippen molar-refractivity contribution < 1.29 is 19.6 Å². The summed E-state index contributed by atoms with van der Waals surface area (Å²) in [5.74, 6) is -1.12. The molecule has 0 fully saturated rings. The van der Waals surface area contributed by atoms with E-state index in [1.807, 2.05) is 6.92 Å². The molecule has 0 bridgehead atoms. The van der Waals surface area contributed by atoms with Gasteiger partial charge in [-0.15, -0.1) is 0 Å². The predicted octanol–water partition coefficient (Wildman–Crippen LogP) is 3.30. The van der Waals surface area contributed by atoms with Crippen molar-refractivity contribution in [2.24, 2.45) is 0 Å². The van der Waals surface area contributed by atoms with Gasteiger partial charge in [-0.3, -0.25) is 10.1 Å². The van der Waals surface area contributed by atoms with Gasteiger partial charge in [-0.2, -0.15) is 0 Å². The van der Waals surface area contributed by atoms with E-state index in [4.69, 9.17) is 9.84 Å². The summed E-state index contributed by atoms with van der Waals surface area (Å²) in [6.07, 6.45) is -0.175. The maximum absolute atomic E-state index is 11.0. The first-order chi connectivity index (χ1) is 8.86. The van der Waals surface area contributed by atoms with E-state index in [1.165, 1.54) is 6.07 Å². The molecule has 1 rings (SSSR count). The van der Waals surface area contributed by atoms with Crippen LogP contribution in [0.5, 0.6) is 5.75 Å². The van der Waals surface area contributed by atoms with Crippen LogP contribution in [0, 0.1) is 17.0 Å². The van der Waals surface area contributed by atoms with Gasteiger partial charge in [-0.1, -0.05) is 29.3 Å². The van der Waals surface area contributed by atoms with Crippen LogP contribution in [0.15, 0.2) is 16.6 Å². The Bertz CT molecular complexity index is 503. The molecule has 0 spiro atoms. The lowest BCUT2D eigenvalue weighted by atomic mass is 10.1. The van der Waals surface area contributed by atoms with Crippen LogP contribution in [0.2, 0.25) is 0 Å². The number of nitrogens with zero attached hydrogens (tertiary/aromatic N) is 1. The van der Waals surface area contributed by atoms with E-state index in [9.17, 15) is 14.9 Å². The van der Waals surface area contributed by atoms with E-state index in [-0.39, 0.29) is 11.4 Å². The lowest BCUT2D eigenvalue weighted by molar-refractivity contribution is -0.386. The van der Waals surface area contributed by atoms with E-state index in [0.717, 1.165) is 0 Å². The fourth-order valence-corrected chi connectivity index (χ4v) is 2.20. The number of rotatable bonds is 6. The van der Waals surface area contributed by atoms with Gasteiger partial charge in [0.1, 0.15) is 0 Å². The van der Waals surface area contributed by atoms with Crippen molar-refractivity contribution in [1.82, 2.24) is 0 Å². The number of benzene rings is 1. The minimum atomic E-state index is -1.13. The molecule has 0 aliphatic heterocycles. The summed E-state index contributed by atoms with van der Waals surface area (Å²) in [6.45, 7) is 3.46. The molecule has 7 heteroatoms. The predicted molar refractivity (Wildman–Crippen MR) is 72.5 cm³/mol. The fourth-order valence-electron chi connectivity index (χ4n) is 1.64. The minimum absolute atomic E-state index is 0.00838. The highest BCUT2D eigenvalue weighted by Crippen LogP contribution is 2.35. The minimum Gasteiger partial charge on any atom is -0.479 e. The van der Waals surface area contributed by atoms with E-state index < -0.39 is 17.0 Å². The van der Waals surface area contributed by atoms with Gasteiger partial charge in [0.05, 0.1) is 4.92 Å². The Labute approximate surface area is 118 Å². The number of halogens is 1. The molecule has 0 aromatic heterocycles. The third kappa shape index (κ3) is 3.92. The molecule has 104 valence electrons. The fraction of sp³-hybridized carbons (Fsp3) is 0.417. The molecule has 1 aromatic carbocycles. The van der Waals surface area contributed by atoms with E-state index in [0.29, 0.717) is 22.9 Å². The highest BCUT2D eigenvalue weighted by atomic mass is 79.9. The van der Waals surface area contributed by atoms with Crippen molar-refractivity contribution in [3.05, 3.63) is 32.3 Å². The molecule has 0 saturated heterocycles. The maximum Gasteiger partial charge on any atom is 0.344 e. The smallest absolute Gasteiger partial charge is 0.344 e. The molecule has 1 aromatic rings. The van der Waals surface area contributed by atoms with Crippen LogP contribution >= 0.6 is 15.9 Å². The Balaban J connectivity index is 3.18. The summed E-state index contributed by atoms with van der Waals surface area (Å²) in [5, 5.41) is 20.0. The van der Waals surface area contributed by atoms with Gasteiger partial charge in [-0.05, 0) is 25.0 Å². The number of hydrogen-bond acceptors (Lipinski definition) is 4. The molecule has 0 aliphatic carbocycles. The summed E-state index contributed by atoms with van der Waals surface area (Å²) in [5.41, 5.74) is 0.276. The largest absolute Gasteiger partial charge is 0.479 e. The van der Waals surface area contributed by atoms with Crippen LogP contribution in [-0.4, -0.2) is 22.1 Å². The molecule has 0 heterocycles. The van der Waals surface area contributed by atoms with Gasteiger partial charge >= 0.3 is 11.7 Å². The van der Waals surface area contributed by atoms with Crippen molar-refractivity contribution >= 4 is 27.6 Å². The maximum atomic E-state index is 11.0. The topological polar surface area (TPSA) is 89.7 Å². The van der Waals surface area contributed by atoms with Crippen molar-refractivity contribution in [3.63, 3.8) is 0 Å². The van der Waals surface area contributed by atoms with Crippen molar-refractivity contribution in [2.45, 2.75) is 32.8 Å². The van der Waals surface area contributed by atoms with Gasteiger partial charge in [0.25, 0.3) is 0 Å². The van der Waals surface area contributed by atoms with Crippen LogP contribution in [0.4, 0.5) is 5.69 Å². The van der Waals surface area contributed by atoms with Crippen molar-refractivity contribution in [1.29, 1.82) is 0 Å². The lowest BCUT2D eigenvalue weighted by Crippen LogP contribution is -2.27. The molecule has 1 atom stereocenters. The Morgan fingerprint density at radius 3 is 2.68 bits per heavy atom. The lowest BCUT2D eigenvalue weighted by Gasteiger charge is -2.16. The molecular formula is C12H14BrNO5. The second-order valence-electron chi connectivity index (χ2n) is 4.06. The van der Waals surface area contributed by atoms with E-state index in [1.54, 1.807) is 13.0 Å². The second-order valence-corrected chi connectivity index (χ2v) is 4.98. The number of carboxylic acids is 1. The van der Waals surface area contributed by atoms with Gasteiger partial charge in [0.2, 0.25) is 5.75 Å². The first-order valence-corrected chi connectivity index (χ1v) is 6.50. The molecule has 0 amide bonds. The third-order valence-corrected chi connectivity index (χ3v) is 2.96. The average molecular weight is 332 g/mol. The van der Waals surface area contributed by atoms with Crippen LogP contribution in [-0.2, 0) is 4.79 Å². The Hall–Kier alpha value is -1.63. The number of nitro benzene ring substituents is 1. The molecular weight excluding hydrogens is 318 g/mol. The van der Waals surface area contributed by atoms with Crippen LogP contribution < -0.4 is 4.74 Å². The second kappa shape index (κ2) is 6.51. The number of ether oxygens (including phenoxy) is 1. The molecule has 0 radical (unpaired) electrons. The zero-order chi connectivity index (χ0) is 14.6. The van der Waals surface area contributed by atoms with Gasteiger partial charge in [-0.25, -0.2) is 4.79 Å². The molecule has 0 aliphatic rings. The Kier molecular flexibility index (Phi) is 5.29. The van der Waals surface area contributed by atoms with Crippen molar-refractivity contribution in [3.8, 4) is 5.75 Å². The first kappa shape index (κ1) is 15.4. The van der Waals surface area contributed by atoms with Gasteiger partial charge < -0.3 is 9.84 Å². The van der Waals surface area contributed by atoms with E-state index in [2.05, 4.69) is 15.9 Å². The summed E-state index contributed by atoms with van der Waals surface area (Å²) < 4.78 is 5.88. The monoisotopic (exact) mass is 331 g/mol. The first-order valence-electron chi connectivity index (χ1n) is 5.70. The van der Waals surface area contributed by atoms with Gasteiger partial charge in [0.15, 0.2) is 6.10 Å². The summed E-state index contributed by atoms with van der Waals surface area (Å²) >= 11 is 3.17. The average Bonchev–Trinajstić information content (AvgIpc) is 2.30. The molecule has 0 saturated carbocycles. The van der Waals surface area contributed by atoms with Crippen LogP contribution in [0.25, 0.3) is 0 Å². The standard InChI is InChI=1S/C12H14BrNO5/c1-3-4-10(12(15)16)19-11-7(2)5-8(13)6-9(11)14(17)18/h5-6,10H,3-4H2,1-2H3,(H,15,16). The molecule has 6 nitrogen and oxygen atoms in total. The number of nitro groups is 1. The van der Waals surface area contributed by atoms with E-state index >= 15 is 0 Å². The van der Waals surface area contributed by atoms with Crippen molar-refractivity contribution in [2.75, 3.05) is 0 Å². The third-order valence-electron chi connectivity index (χ3n) is 2.50. The number of carbonyl (C=O) groups is 1. The highest BCUT2D eigenvalue weighted by Gasteiger charge is 2.25. The van der Waals surface area contributed by atoms with Crippen LogP contribution in [0.3, 0.4) is 0 Å². The zero-order valence-electron chi connectivity index (χ0n) is 10.6. The summed E-state index contributed by atoms with van der Waals surface area (Å²) in [4.78, 5) is 21.5. The molecule has 1 N–H and O–H groups in total. The number of aliphatic carboxylic acids is 1. The Morgan fingerprint density at radius 1 is 1.58 bits per heavy atom. The summed E-state index contributed by atoms with van der Waals surface area (Å²) in [6, 6.07) is 2.94. The van der Waals surface area contributed by atoms with Crippen LogP contribution in [0.1, 0.15) is 25.3 Å². The highest BCUT2D eigenvalue weighted by molar-refractivity contribution is 9.10. The quantitative estimate of drug-likeness (QED) is 0.638. The SMILES string of the molecule is CCCC(Oc1c(C)cc(Br)cc1[N+](=O)[O-])C(=O)O. The molecule has 19 heavy (non-hydrogen) atoms. The zero-order valence-corrected chi connectivity index (χ0v) is 12.1. The molecule has 1 unspecified atom stereocenters. The number of hydrogen-bond donors (Lipinski definition) is 1. The number of carboxylic acid groups (broad SMARTS) is 1. The normalized spacial score (nSPS) is 11.9.